The van der Waals surface area contributed by atoms with Gasteiger partial charge in [-0.15, -0.1) is 11.6 Å². The Morgan fingerprint density at radius 1 is 1.50 bits per heavy atom. The molecule has 2 unspecified atom stereocenters. The summed E-state index contributed by atoms with van der Waals surface area (Å²) in [4.78, 5) is 9.82. The lowest BCUT2D eigenvalue weighted by Crippen LogP contribution is -2.11. The van der Waals surface area contributed by atoms with E-state index in [1.807, 2.05) is 13.8 Å². The van der Waals surface area contributed by atoms with Gasteiger partial charge < -0.3 is 0 Å². The molecule has 1 aromatic carbocycles. The van der Waals surface area contributed by atoms with Crippen LogP contribution >= 0.6 is 11.6 Å². The predicted octanol–water partition coefficient (Wildman–Crippen LogP) is 3.54. The highest BCUT2D eigenvalue weighted by molar-refractivity contribution is 6.20. The lowest BCUT2D eigenvalue weighted by atomic mass is 9.98. The molecule has 0 aromatic heterocycles. The van der Waals surface area contributed by atoms with Crippen LogP contribution in [0.2, 0.25) is 0 Å². The Morgan fingerprint density at radius 2 is 2.12 bits per heavy atom. The minimum atomic E-state index is -0.753. The van der Waals surface area contributed by atoms with Gasteiger partial charge in [0.15, 0.2) is 0 Å². The van der Waals surface area contributed by atoms with Crippen molar-refractivity contribution in [1.29, 1.82) is 0 Å². The summed E-state index contributed by atoms with van der Waals surface area (Å²) in [6.07, 6.45) is 0.401. The zero-order valence-corrected chi connectivity index (χ0v) is 9.87. The number of rotatable bonds is 4. The summed E-state index contributed by atoms with van der Waals surface area (Å²) in [6.45, 7) is 3.71. The lowest BCUT2D eigenvalue weighted by molar-refractivity contribution is -0.387. The second-order valence-corrected chi connectivity index (χ2v) is 4.55. The third kappa shape index (κ3) is 2.92. The SMILES string of the molecule is CC(Cl)C(C)Cc1cccc([N+](=O)[O-])c1F. The average molecular weight is 246 g/mol. The summed E-state index contributed by atoms with van der Waals surface area (Å²) < 4.78 is 13.7. The number of hydrogen-bond donors (Lipinski definition) is 0. The zero-order chi connectivity index (χ0) is 12.3. The Kier molecular flexibility index (Phi) is 4.24. The summed E-state index contributed by atoms with van der Waals surface area (Å²) in [7, 11) is 0. The minimum Gasteiger partial charge on any atom is -0.258 e. The van der Waals surface area contributed by atoms with E-state index < -0.39 is 16.4 Å². The van der Waals surface area contributed by atoms with Crippen LogP contribution in [0.4, 0.5) is 10.1 Å². The molecule has 16 heavy (non-hydrogen) atoms. The highest BCUT2D eigenvalue weighted by atomic mass is 35.5. The Labute approximate surface area is 98.4 Å². The minimum absolute atomic E-state index is 0.0678. The number of nitro groups is 1. The van der Waals surface area contributed by atoms with Crippen LogP contribution < -0.4 is 0 Å². The average Bonchev–Trinajstić information content (AvgIpc) is 2.20. The molecule has 1 aromatic rings. The van der Waals surface area contributed by atoms with Crippen molar-refractivity contribution >= 4 is 17.3 Å². The molecule has 0 fully saturated rings. The molecule has 0 aliphatic heterocycles. The third-order valence-corrected chi connectivity index (χ3v) is 3.01. The first-order valence-corrected chi connectivity index (χ1v) is 5.43. The third-order valence-electron chi connectivity index (χ3n) is 2.58. The van der Waals surface area contributed by atoms with Gasteiger partial charge in [0, 0.05) is 11.4 Å². The van der Waals surface area contributed by atoms with E-state index in [1.165, 1.54) is 6.07 Å². The van der Waals surface area contributed by atoms with Crippen LogP contribution in [-0.4, -0.2) is 10.3 Å². The molecule has 0 aliphatic carbocycles. The standard InChI is InChI=1S/C11H13ClFNO2/c1-7(8(2)12)6-9-4-3-5-10(11(9)13)14(15)16/h3-5,7-8H,6H2,1-2H3. The zero-order valence-electron chi connectivity index (χ0n) is 9.11. The number of benzene rings is 1. The van der Waals surface area contributed by atoms with Crippen molar-refractivity contribution < 1.29 is 9.31 Å². The van der Waals surface area contributed by atoms with E-state index in [1.54, 1.807) is 6.07 Å². The molecule has 0 heterocycles. The van der Waals surface area contributed by atoms with Gasteiger partial charge in [0.2, 0.25) is 5.82 Å². The molecule has 0 radical (unpaired) electrons. The fraction of sp³-hybridized carbons (Fsp3) is 0.455. The molecule has 0 spiro atoms. The van der Waals surface area contributed by atoms with Gasteiger partial charge in [-0.3, -0.25) is 10.1 Å². The van der Waals surface area contributed by atoms with Crippen LogP contribution in [0.25, 0.3) is 0 Å². The largest absolute Gasteiger partial charge is 0.305 e. The maximum atomic E-state index is 13.7. The van der Waals surface area contributed by atoms with Crippen LogP contribution in [0.15, 0.2) is 18.2 Å². The van der Waals surface area contributed by atoms with Crippen molar-refractivity contribution in [2.24, 2.45) is 5.92 Å². The number of nitrogens with zero attached hydrogens (tertiary/aromatic N) is 1. The topological polar surface area (TPSA) is 43.1 Å². The van der Waals surface area contributed by atoms with Gasteiger partial charge in [-0.05, 0) is 24.8 Å². The first-order chi connectivity index (χ1) is 7.43. The molecule has 0 amide bonds. The first kappa shape index (κ1) is 12.9. The fourth-order valence-corrected chi connectivity index (χ4v) is 1.46. The lowest BCUT2D eigenvalue weighted by Gasteiger charge is -2.13. The molecular weight excluding hydrogens is 233 g/mol. The van der Waals surface area contributed by atoms with Gasteiger partial charge in [0.05, 0.1) is 4.92 Å². The van der Waals surface area contributed by atoms with Crippen molar-refractivity contribution in [3.8, 4) is 0 Å². The maximum absolute atomic E-state index is 13.7. The molecule has 0 saturated carbocycles. The monoisotopic (exact) mass is 245 g/mol. The van der Waals surface area contributed by atoms with Crippen molar-refractivity contribution in [2.45, 2.75) is 25.6 Å². The van der Waals surface area contributed by atoms with E-state index >= 15 is 0 Å². The second kappa shape index (κ2) is 5.25. The van der Waals surface area contributed by atoms with Crippen LogP contribution in [0.5, 0.6) is 0 Å². The smallest absolute Gasteiger partial charge is 0.258 e. The van der Waals surface area contributed by atoms with E-state index in [0.717, 1.165) is 6.07 Å². The van der Waals surface area contributed by atoms with E-state index in [4.69, 9.17) is 11.6 Å². The normalized spacial score (nSPS) is 14.5. The van der Waals surface area contributed by atoms with Gasteiger partial charge in [0.1, 0.15) is 0 Å². The molecule has 0 N–H and O–H groups in total. The fourth-order valence-electron chi connectivity index (χ4n) is 1.37. The molecular formula is C11H13ClFNO2. The molecule has 5 heteroatoms. The second-order valence-electron chi connectivity index (χ2n) is 3.87. The molecule has 1 rings (SSSR count). The number of alkyl halides is 1. The van der Waals surface area contributed by atoms with Crippen molar-refractivity contribution in [3.63, 3.8) is 0 Å². The van der Waals surface area contributed by atoms with Crippen LogP contribution in [0.3, 0.4) is 0 Å². The Balaban J connectivity index is 2.98. The number of hydrogen-bond acceptors (Lipinski definition) is 2. The summed E-state index contributed by atoms with van der Waals surface area (Å²) in [6, 6.07) is 4.20. The molecule has 0 bridgehead atoms. The van der Waals surface area contributed by atoms with Crippen LogP contribution in [0.1, 0.15) is 19.4 Å². The predicted molar refractivity (Wildman–Crippen MR) is 61.2 cm³/mol. The van der Waals surface area contributed by atoms with Crippen molar-refractivity contribution in [3.05, 3.63) is 39.7 Å². The van der Waals surface area contributed by atoms with Crippen LogP contribution in [0, 0.1) is 21.8 Å². The summed E-state index contributed by atoms with van der Waals surface area (Å²) in [5.41, 5.74) is -0.138. The van der Waals surface area contributed by atoms with E-state index in [0.29, 0.717) is 12.0 Å². The summed E-state index contributed by atoms with van der Waals surface area (Å²) in [5.74, 6) is -0.685. The van der Waals surface area contributed by atoms with E-state index in [2.05, 4.69) is 0 Å². The van der Waals surface area contributed by atoms with Gasteiger partial charge >= 0.3 is 5.69 Å². The summed E-state index contributed by atoms with van der Waals surface area (Å²) >= 11 is 5.88. The Morgan fingerprint density at radius 3 is 2.62 bits per heavy atom. The molecule has 0 aliphatic rings. The molecule has 0 saturated heterocycles. The van der Waals surface area contributed by atoms with Gasteiger partial charge in [0.25, 0.3) is 0 Å². The van der Waals surface area contributed by atoms with Crippen molar-refractivity contribution in [2.75, 3.05) is 0 Å². The van der Waals surface area contributed by atoms with Gasteiger partial charge in [-0.2, -0.15) is 4.39 Å². The summed E-state index contributed by atoms with van der Waals surface area (Å²) in [5, 5.41) is 10.4. The van der Waals surface area contributed by atoms with Crippen molar-refractivity contribution in [1.82, 2.24) is 0 Å². The quantitative estimate of drug-likeness (QED) is 0.463. The van der Waals surface area contributed by atoms with E-state index in [-0.39, 0.29) is 11.3 Å². The molecule has 88 valence electrons. The highest BCUT2D eigenvalue weighted by Crippen LogP contribution is 2.24. The maximum Gasteiger partial charge on any atom is 0.305 e. The molecule has 3 nitrogen and oxygen atoms in total. The first-order valence-electron chi connectivity index (χ1n) is 4.99. The van der Waals surface area contributed by atoms with Gasteiger partial charge in [-0.25, -0.2) is 0 Å². The van der Waals surface area contributed by atoms with Gasteiger partial charge in [-0.1, -0.05) is 19.1 Å². The molecule has 2 atom stereocenters. The highest BCUT2D eigenvalue weighted by Gasteiger charge is 2.19. The number of halogens is 2. The number of nitro benzene ring substituents is 1. The van der Waals surface area contributed by atoms with Crippen LogP contribution in [-0.2, 0) is 6.42 Å². The Hall–Kier alpha value is -1.16. The van der Waals surface area contributed by atoms with E-state index in [9.17, 15) is 14.5 Å². The Bertz CT molecular complexity index is 396.